The Kier molecular flexibility index (Phi) is 3.81. The number of carbonyl (C=O) groups is 1. The van der Waals surface area contributed by atoms with Crippen LogP contribution in [0.25, 0.3) is 0 Å². The zero-order chi connectivity index (χ0) is 16.8. The third-order valence-corrected chi connectivity index (χ3v) is 5.31. The molecule has 1 N–H and O–H groups in total. The van der Waals surface area contributed by atoms with Gasteiger partial charge in [0.2, 0.25) is 0 Å². The number of aromatic nitrogens is 2. The number of amides is 2. The first-order chi connectivity index (χ1) is 11.5. The molecule has 1 aromatic heterocycles. The van der Waals surface area contributed by atoms with Crippen molar-refractivity contribution in [1.29, 1.82) is 0 Å². The molecule has 124 valence electrons. The molecule has 0 aliphatic carbocycles. The van der Waals surface area contributed by atoms with E-state index in [0.717, 1.165) is 18.4 Å². The molecule has 1 aromatic carbocycles. The molecule has 2 atom stereocenters. The molecule has 2 bridgehead atoms. The Hall–Kier alpha value is -1.92. The van der Waals surface area contributed by atoms with E-state index < -0.39 is 6.08 Å². The second kappa shape index (κ2) is 5.86. The Morgan fingerprint density at radius 3 is 2.92 bits per heavy atom. The molecule has 5 nitrogen and oxygen atoms in total. The van der Waals surface area contributed by atoms with Gasteiger partial charge in [-0.1, -0.05) is 23.2 Å². The lowest BCUT2D eigenvalue weighted by atomic mass is 10.00. The lowest BCUT2D eigenvalue weighted by molar-refractivity contribution is 0.178. The summed E-state index contributed by atoms with van der Waals surface area (Å²) < 4.78 is 13.2. The summed E-state index contributed by atoms with van der Waals surface area (Å²) in [4.78, 5) is 22.0. The van der Waals surface area contributed by atoms with Gasteiger partial charge in [0.05, 0.1) is 21.8 Å². The molecule has 0 saturated carbocycles. The molecule has 4 rings (SSSR count). The summed E-state index contributed by atoms with van der Waals surface area (Å²) in [6.45, 7) is 0. The molecule has 0 radical (unpaired) electrons. The molecular weight excluding hydrogens is 354 g/mol. The molecule has 8 heteroatoms. The summed E-state index contributed by atoms with van der Waals surface area (Å²) in [5, 5.41) is 3.66. The molecular formula is C16H13Cl2FN4O. The summed E-state index contributed by atoms with van der Waals surface area (Å²) in [7, 11) is 0. The quantitative estimate of drug-likeness (QED) is 0.768. The van der Waals surface area contributed by atoms with E-state index in [4.69, 9.17) is 23.2 Å². The van der Waals surface area contributed by atoms with Crippen molar-refractivity contribution in [2.45, 2.75) is 31.3 Å². The van der Waals surface area contributed by atoms with Gasteiger partial charge in [0.25, 0.3) is 0 Å². The summed E-state index contributed by atoms with van der Waals surface area (Å²) >= 11 is 11.9. The fourth-order valence-corrected chi connectivity index (χ4v) is 3.82. The maximum absolute atomic E-state index is 13.2. The minimum Gasteiger partial charge on any atom is -0.314 e. The minimum absolute atomic E-state index is 0.0135. The molecule has 2 unspecified atom stereocenters. The number of anilines is 1. The lowest BCUT2D eigenvalue weighted by Gasteiger charge is -2.35. The highest BCUT2D eigenvalue weighted by molar-refractivity contribution is 6.42. The van der Waals surface area contributed by atoms with Gasteiger partial charge in [-0.3, -0.25) is 0 Å². The van der Waals surface area contributed by atoms with E-state index in [-0.39, 0.29) is 18.1 Å². The van der Waals surface area contributed by atoms with Gasteiger partial charge in [0.1, 0.15) is 0 Å². The standard InChI is InChI=1S/C16H13Cl2FN4O/c17-11-3-1-8(5-12(11)18)21-16(24)23-9-2-4-14(23)10-7-20-15(19)22-13(10)6-9/h1,3,5,7,9,14H,2,4,6H2,(H,21,24). The number of hydrogen-bond acceptors (Lipinski definition) is 3. The fourth-order valence-electron chi connectivity index (χ4n) is 3.53. The van der Waals surface area contributed by atoms with Gasteiger partial charge < -0.3 is 10.2 Å². The molecule has 24 heavy (non-hydrogen) atoms. The maximum Gasteiger partial charge on any atom is 0.322 e. The average molecular weight is 367 g/mol. The van der Waals surface area contributed by atoms with Crippen LogP contribution in [-0.2, 0) is 6.42 Å². The highest BCUT2D eigenvalue weighted by atomic mass is 35.5. The van der Waals surface area contributed by atoms with E-state index in [2.05, 4.69) is 15.3 Å². The van der Waals surface area contributed by atoms with Crippen molar-refractivity contribution in [2.75, 3.05) is 5.32 Å². The van der Waals surface area contributed by atoms with Crippen LogP contribution in [0.5, 0.6) is 0 Å². The van der Waals surface area contributed by atoms with E-state index in [1.165, 1.54) is 6.20 Å². The third-order valence-electron chi connectivity index (χ3n) is 4.57. The van der Waals surface area contributed by atoms with Gasteiger partial charge in [-0.2, -0.15) is 4.39 Å². The van der Waals surface area contributed by atoms with Crippen molar-refractivity contribution in [3.05, 3.63) is 51.8 Å². The zero-order valence-corrected chi connectivity index (χ0v) is 14.0. The van der Waals surface area contributed by atoms with Crippen LogP contribution in [0.1, 0.15) is 30.1 Å². The number of hydrogen-bond donors (Lipinski definition) is 1. The monoisotopic (exact) mass is 366 g/mol. The average Bonchev–Trinajstić information content (AvgIpc) is 2.86. The predicted molar refractivity (Wildman–Crippen MR) is 88.8 cm³/mol. The Labute approximate surface area is 147 Å². The number of fused-ring (bicyclic) bond motifs is 4. The Balaban J connectivity index is 1.59. The van der Waals surface area contributed by atoms with E-state index in [1.54, 1.807) is 23.1 Å². The number of carbonyl (C=O) groups excluding carboxylic acids is 1. The second-order valence-electron chi connectivity index (χ2n) is 5.96. The number of rotatable bonds is 1. The Morgan fingerprint density at radius 2 is 2.12 bits per heavy atom. The molecule has 0 spiro atoms. The summed E-state index contributed by atoms with van der Waals surface area (Å²) in [6.07, 6.45) is 2.99. The van der Waals surface area contributed by atoms with Crippen LogP contribution in [0.4, 0.5) is 14.9 Å². The van der Waals surface area contributed by atoms with Crippen LogP contribution in [0, 0.1) is 6.08 Å². The van der Waals surface area contributed by atoms with Crippen LogP contribution in [-0.4, -0.2) is 26.9 Å². The second-order valence-corrected chi connectivity index (χ2v) is 6.77. The minimum atomic E-state index is -0.721. The van der Waals surface area contributed by atoms with E-state index in [0.29, 0.717) is 27.8 Å². The molecule has 2 aliphatic rings. The molecule has 3 heterocycles. The molecule has 2 aromatic rings. The summed E-state index contributed by atoms with van der Waals surface area (Å²) in [5.41, 5.74) is 2.11. The van der Waals surface area contributed by atoms with Crippen molar-refractivity contribution >= 4 is 34.9 Å². The lowest BCUT2D eigenvalue weighted by Crippen LogP contribution is -2.44. The number of nitrogens with one attached hydrogen (secondary N) is 1. The summed E-state index contributed by atoms with van der Waals surface area (Å²) in [5.74, 6) is 0. The van der Waals surface area contributed by atoms with Crippen LogP contribution in [0.2, 0.25) is 10.0 Å². The van der Waals surface area contributed by atoms with Crippen molar-refractivity contribution in [3.8, 4) is 0 Å². The third kappa shape index (κ3) is 2.59. The van der Waals surface area contributed by atoms with E-state index in [1.807, 2.05) is 0 Å². The normalized spacial score (nSPS) is 21.5. The number of nitrogens with zero attached hydrogens (tertiary/aromatic N) is 3. The first kappa shape index (κ1) is 15.6. The van der Waals surface area contributed by atoms with Crippen molar-refractivity contribution in [1.82, 2.24) is 14.9 Å². The number of halogens is 3. The largest absolute Gasteiger partial charge is 0.322 e. The first-order valence-corrected chi connectivity index (χ1v) is 8.34. The Bertz CT molecular complexity index is 832. The van der Waals surface area contributed by atoms with Crippen molar-refractivity contribution < 1.29 is 9.18 Å². The first-order valence-electron chi connectivity index (χ1n) is 7.58. The molecule has 2 aliphatic heterocycles. The smallest absolute Gasteiger partial charge is 0.314 e. The van der Waals surface area contributed by atoms with Gasteiger partial charge in [-0.15, -0.1) is 0 Å². The highest BCUT2D eigenvalue weighted by Crippen LogP contribution is 2.43. The Morgan fingerprint density at radius 1 is 1.29 bits per heavy atom. The number of urea groups is 1. The van der Waals surface area contributed by atoms with Gasteiger partial charge in [0, 0.05) is 29.9 Å². The van der Waals surface area contributed by atoms with Crippen LogP contribution in [0.3, 0.4) is 0 Å². The maximum atomic E-state index is 13.2. The van der Waals surface area contributed by atoms with Gasteiger partial charge in [0.15, 0.2) is 0 Å². The van der Waals surface area contributed by atoms with Crippen LogP contribution in [0.15, 0.2) is 24.4 Å². The predicted octanol–water partition coefficient (Wildman–Crippen LogP) is 4.22. The molecule has 1 saturated heterocycles. The van der Waals surface area contributed by atoms with E-state index in [9.17, 15) is 9.18 Å². The molecule has 1 fully saturated rings. The SMILES string of the molecule is O=C(Nc1ccc(Cl)c(Cl)c1)N1C2CCC1c1cnc(F)nc1C2. The fraction of sp³-hybridized carbons (Fsp3) is 0.312. The van der Waals surface area contributed by atoms with Crippen molar-refractivity contribution in [3.63, 3.8) is 0 Å². The van der Waals surface area contributed by atoms with E-state index >= 15 is 0 Å². The topological polar surface area (TPSA) is 58.1 Å². The number of benzene rings is 1. The van der Waals surface area contributed by atoms with Crippen molar-refractivity contribution in [2.24, 2.45) is 0 Å². The van der Waals surface area contributed by atoms with Gasteiger partial charge in [-0.05, 0) is 31.0 Å². The van der Waals surface area contributed by atoms with Crippen LogP contribution >= 0.6 is 23.2 Å². The van der Waals surface area contributed by atoms with Crippen LogP contribution < -0.4 is 5.32 Å². The van der Waals surface area contributed by atoms with Gasteiger partial charge in [-0.25, -0.2) is 14.8 Å². The summed E-state index contributed by atoms with van der Waals surface area (Å²) in [6, 6.07) is 4.62. The zero-order valence-electron chi connectivity index (χ0n) is 12.5. The van der Waals surface area contributed by atoms with Gasteiger partial charge >= 0.3 is 12.1 Å². The molecule has 2 amide bonds. The highest BCUT2D eigenvalue weighted by Gasteiger charge is 2.43.